The van der Waals surface area contributed by atoms with Crippen molar-refractivity contribution < 1.29 is 0 Å². The quantitative estimate of drug-likeness (QED) is 0.600. The largest absolute Gasteiger partial charge is 0.101 e. The van der Waals surface area contributed by atoms with Gasteiger partial charge in [-0.3, -0.25) is 0 Å². The number of thioether (sulfide) groups is 1. The minimum absolute atomic E-state index is 0.186. The van der Waals surface area contributed by atoms with Crippen LogP contribution in [0.15, 0.2) is 21.5 Å². The van der Waals surface area contributed by atoms with Crippen LogP contribution in [0.4, 0.5) is 0 Å². The Morgan fingerprint density at radius 3 is 2.71 bits per heavy atom. The molecular formula is C12H13BrS. The highest BCUT2D eigenvalue weighted by atomic mass is 79.9. The molecule has 0 radical (unpaired) electrons. The lowest BCUT2D eigenvalue weighted by Crippen LogP contribution is -2.17. The maximum Gasteiger partial charge on any atom is 0.0810 e. The highest BCUT2D eigenvalue weighted by molar-refractivity contribution is 9.14. The van der Waals surface area contributed by atoms with Crippen molar-refractivity contribution in [1.82, 2.24) is 0 Å². The van der Waals surface area contributed by atoms with Gasteiger partial charge in [0.25, 0.3) is 0 Å². The molecule has 2 heteroatoms. The van der Waals surface area contributed by atoms with Crippen LogP contribution in [0.2, 0.25) is 0 Å². The maximum atomic E-state index is 3.53. The summed E-state index contributed by atoms with van der Waals surface area (Å²) in [5.41, 5.74) is 1.46. The van der Waals surface area contributed by atoms with Crippen LogP contribution < -0.4 is 0 Å². The molecule has 2 unspecified atom stereocenters. The Morgan fingerprint density at radius 2 is 2.07 bits per heavy atom. The molecule has 0 aromatic rings. The van der Waals surface area contributed by atoms with Crippen LogP contribution in [0.1, 0.15) is 20.8 Å². The molecule has 2 aliphatic rings. The number of hydrogen-bond acceptors (Lipinski definition) is 1. The zero-order valence-electron chi connectivity index (χ0n) is 8.60. The monoisotopic (exact) mass is 268 g/mol. The molecule has 2 atom stereocenters. The van der Waals surface area contributed by atoms with Crippen molar-refractivity contribution in [2.45, 2.75) is 26.0 Å². The minimum Gasteiger partial charge on any atom is -0.101 e. The molecule has 0 fully saturated rings. The van der Waals surface area contributed by atoms with Crippen molar-refractivity contribution in [2.75, 3.05) is 0 Å². The van der Waals surface area contributed by atoms with Crippen LogP contribution in [-0.2, 0) is 0 Å². The lowest BCUT2D eigenvalue weighted by atomic mass is 9.82. The number of rotatable bonds is 0. The molecule has 14 heavy (non-hydrogen) atoms. The van der Waals surface area contributed by atoms with E-state index in [1.54, 1.807) is 0 Å². The Hall–Kier alpha value is -0.130. The highest BCUT2D eigenvalue weighted by Crippen LogP contribution is 2.43. The van der Waals surface area contributed by atoms with Gasteiger partial charge in [-0.2, -0.15) is 0 Å². The van der Waals surface area contributed by atoms with E-state index in [2.05, 4.69) is 60.7 Å². The van der Waals surface area contributed by atoms with Gasteiger partial charge in [-0.15, -0.1) is 11.8 Å². The fourth-order valence-corrected chi connectivity index (χ4v) is 3.38. The van der Waals surface area contributed by atoms with Crippen LogP contribution in [0.3, 0.4) is 0 Å². The van der Waals surface area contributed by atoms with Crippen LogP contribution in [0.25, 0.3) is 0 Å². The minimum atomic E-state index is 0.186. The average molecular weight is 269 g/mol. The first-order valence-electron chi connectivity index (χ1n) is 4.74. The fourth-order valence-electron chi connectivity index (χ4n) is 1.56. The van der Waals surface area contributed by atoms with Gasteiger partial charge in [-0.1, -0.05) is 44.8 Å². The average Bonchev–Trinajstić information content (AvgIpc) is 2.41. The highest BCUT2D eigenvalue weighted by Gasteiger charge is 2.29. The second kappa shape index (κ2) is 3.47. The number of allylic oxidation sites excluding steroid dienone is 3. The molecule has 2 rings (SSSR count). The van der Waals surface area contributed by atoms with E-state index in [1.165, 1.54) is 9.39 Å². The van der Waals surface area contributed by atoms with Crippen LogP contribution in [0.5, 0.6) is 0 Å². The zero-order chi connectivity index (χ0) is 10.3. The van der Waals surface area contributed by atoms with Crippen LogP contribution >= 0.6 is 27.7 Å². The topological polar surface area (TPSA) is 0 Å². The van der Waals surface area contributed by atoms with Crippen molar-refractivity contribution in [3.05, 3.63) is 21.5 Å². The molecule has 0 saturated carbocycles. The van der Waals surface area contributed by atoms with Gasteiger partial charge in [-0.05, 0) is 21.3 Å². The van der Waals surface area contributed by atoms with E-state index in [0.29, 0.717) is 11.2 Å². The lowest BCUT2D eigenvalue weighted by Gasteiger charge is -2.23. The predicted octanol–water partition coefficient (Wildman–Crippen LogP) is 3.94. The van der Waals surface area contributed by atoms with Gasteiger partial charge in [-0.25, -0.2) is 0 Å². The van der Waals surface area contributed by atoms with E-state index in [9.17, 15) is 0 Å². The second-order valence-electron chi connectivity index (χ2n) is 4.69. The summed E-state index contributed by atoms with van der Waals surface area (Å²) in [5.74, 6) is 7.12. The smallest absolute Gasteiger partial charge is 0.0810 e. The summed E-state index contributed by atoms with van der Waals surface area (Å²) in [6.45, 7) is 6.65. The van der Waals surface area contributed by atoms with Gasteiger partial charge in [0.05, 0.1) is 5.25 Å². The summed E-state index contributed by atoms with van der Waals surface area (Å²) in [7, 11) is 0. The first-order chi connectivity index (χ1) is 6.47. The number of hydrogen-bond donors (Lipinski definition) is 0. The van der Waals surface area contributed by atoms with Gasteiger partial charge < -0.3 is 0 Å². The molecule has 0 nitrogen and oxygen atoms in total. The third-order valence-corrected chi connectivity index (χ3v) is 4.30. The molecule has 0 saturated heterocycles. The van der Waals surface area contributed by atoms with Gasteiger partial charge >= 0.3 is 0 Å². The van der Waals surface area contributed by atoms with E-state index in [0.717, 1.165) is 0 Å². The third-order valence-electron chi connectivity index (χ3n) is 2.43. The van der Waals surface area contributed by atoms with Crippen LogP contribution in [0, 0.1) is 23.2 Å². The maximum absolute atomic E-state index is 3.53. The second-order valence-corrected chi connectivity index (χ2v) is 7.25. The van der Waals surface area contributed by atoms with E-state index in [1.807, 2.05) is 11.8 Å². The van der Waals surface area contributed by atoms with Crippen molar-refractivity contribution in [1.29, 1.82) is 0 Å². The lowest BCUT2D eigenvalue weighted by molar-refractivity contribution is 0.514. The van der Waals surface area contributed by atoms with Crippen molar-refractivity contribution >= 4 is 27.7 Å². The van der Waals surface area contributed by atoms with Crippen LogP contribution in [-0.4, -0.2) is 5.25 Å². The summed E-state index contributed by atoms with van der Waals surface area (Å²) in [6, 6.07) is 0. The molecule has 0 bridgehead atoms. The Morgan fingerprint density at radius 1 is 1.36 bits per heavy atom. The molecule has 0 spiro atoms. The summed E-state index contributed by atoms with van der Waals surface area (Å²) >= 11 is 5.35. The van der Waals surface area contributed by atoms with Gasteiger partial charge in [0, 0.05) is 15.3 Å². The molecule has 0 N–H and O–H groups in total. The Kier molecular flexibility index (Phi) is 2.57. The van der Waals surface area contributed by atoms with Gasteiger partial charge in [0.2, 0.25) is 0 Å². The Bertz CT molecular complexity index is 373. The summed E-state index contributed by atoms with van der Waals surface area (Å²) in [6.07, 6.45) is 4.58. The summed E-state index contributed by atoms with van der Waals surface area (Å²) < 4.78 is 1.23. The standard InChI is InChI=1S/C12H13BrS/c1-12(2,3)9-4-5-10-8(6-9)7-11(13)14-10/h6-8,10H,1-3H3. The first kappa shape index (κ1) is 10.4. The molecule has 1 aliphatic carbocycles. The van der Waals surface area contributed by atoms with E-state index < -0.39 is 0 Å². The normalized spacial score (nSPS) is 30.0. The third kappa shape index (κ3) is 1.94. The van der Waals surface area contributed by atoms with Crippen molar-refractivity contribution in [2.24, 2.45) is 11.3 Å². The Balaban J connectivity index is 2.29. The molecule has 1 heterocycles. The van der Waals surface area contributed by atoms with E-state index in [-0.39, 0.29) is 5.41 Å². The predicted molar refractivity (Wildman–Crippen MR) is 67.2 cm³/mol. The van der Waals surface area contributed by atoms with Crippen molar-refractivity contribution in [3.8, 4) is 11.8 Å². The zero-order valence-corrected chi connectivity index (χ0v) is 11.0. The van der Waals surface area contributed by atoms with Crippen molar-refractivity contribution in [3.63, 3.8) is 0 Å². The summed E-state index contributed by atoms with van der Waals surface area (Å²) in [5, 5.41) is 0.440. The fraction of sp³-hybridized carbons (Fsp3) is 0.500. The molecule has 1 aliphatic heterocycles. The van der Waals surface area contributed by atoms with Gasteiger partial charge in [0.15, 0.2) is 0 Å². The van der Waals surface area contributed by atoms with E-state index >= 15 is 0 Å². The Labute approximate surface area is 98.4 Å². The molecular weight excluding hydrogens is 256 g/mol. The molecule has 0 amide bonds. The molecule has 0 aromatic carbocycles. The summed E-state index contributed by atoms with van der Waals surface area (Å²) in [4.78, 5) is 0. The first-order valence-corrected chi connectivity index (χ1v) is 6.42. The number of fused-ring (bicyclic) bond motifs is 1. The molecule has 0 aromatic heterocycles. The SMILES string of the molecule is CC(C)(C)C1=CC2C=C(Br)SC2C#C1. The van der Waals surface area contributed by atoms with Gasteiger partial charge in [0.1, 0.15) is 0 Å². The number of halogens is 1. The molecule has 74 valence electrons. The van der Waals surface area contributed by atoms with E-state index in [4.69, 9.17) is 0 Å².